The van der Waals surface area contributed by atoms with E-state index in [1.807, 2.05) is 6.07 Å². The molecule has 1 nitrogen and oxygen atoms in total. The molecule has 0 amide bonds. The molecule has 0 atom stereocenters. The Labute approximate surface area is 127 Å². The van der Waals surface area contributed by atoms with E-state index >= 15 is 0 Å². The van der Waals surface area contributed by atoms with E-state index in [-0.39, 0.29) is 0 Å². The first kappa shape index (κ1) is 14.9. The second-order valence-electron chi connectivity index (χ2n) is 5.69. The molecule has 0 aliphatic carbocycles. The highest BCUT2D eigenvalue weighted by molar-refractivity contribution is 6.33. The van der Waals surface area contributed by atoms with Crippen molar-refractivity contribution in [3.8, 4) is 0 Å². The minimum atomic E-state index is 0.575. The van der Waals surface area contributed by atoms with E-state index < -0.39 is 0 Å². The van der Waals surface area contributed by atoms with Crippen molar-refractivity contribution in [2.24, 2.45) is 0 Å². The lowest BCUT2D eigenvalue weighted by atomic mass is 10.0. The van der Waals surface area contributed by atoms with Gasteiger partial charge >= 0.3 is 0 Å². The van der Waals surface area contributed by atoms with Crippen LogP contribution in [-0.4, -0.2) is 0 Å². The smallest absolute Gasteiger partial charge is 0.0642 e. The van der Waals surface area contributed by atoms with Gasteiger partial charge in [0, 0.05) is 6.54 Å². The van der Waals surface area contributed by atoms with Gasteiger partial charge in [-0.15, -0.1) is 0 Å². The maximum Gasteiger partial charge on any atom is 0.0642 e. The van der Waals surface area contributed by atoms with Crippen molar-refractivity contribution in [3.05, 3.63) is 63.7 Å². The zero-order valence-corrected chi connectivity index (χ0v) is 13.4. The summed E-state index contributed by atoms with van der Waals surface area (Å²) in [6, 6.07) is 12.9. The van der Waals surface area contributed by atoms with Crippen LogP contribution in [0, 0.1) is 13.8 Å². The van der Waals surface area contributed by atoms with Gasteiger partial charge < -0.3 is 5.32 Å². The normalized spacial score (nSPS) is 10.9. The quantitative estimate of drug-likeness (QED) is 0.761. The number of anilines is 1. The highest BCUT2D eigenvalue weighted by Gasteiger charge is 2.05. The van der Waals surface area contributed by atoms with Crippen molar-refractivity contribution in [3.63, 3.8) is 0 Å². The Kier molecular flexibility index (Phi) is 4.72. The second kappa shape index (κ2) is 6.32. The van der Waals surface area contributed by atoms with E-state index in [1.165, 1.54) is 22.3 Å². The molecule has 0 unspecified atom stereocenters. The number of hydrogen-bond donors (Lipinski definition) is 1. The monoisotopic (exact) mass is 287 g/mol. The van der Waals surface area contributed by atoms with Crippen LogP contribution in [0.1, 0.15) is 42.0 Å². The van der Waals surface area contributed by atoms with Crippen molar-refractivity contribution in [1.29, 1.82) is 0 Å². The number of rotatable bonds is 4. The van der Waals surface area contributed by atoms with Crippen LogP contribution in [0.5, 0.6) is 0 Å². The van der Waals surface area contributed by atoms with E-state index in [9.17, 15) is 0 Å². The lowest BCUT2D eigenvalue weighted by molar-refractivity contribution is 0.865. The zero-order valence-electron chi connectivity index (χ0n) is 12.6. The standard InChI is InChI=1S/C18H22ClN/c1-12(2)16-7-5-15(6-8-16)11-20-18-14(4)9-13(3)10-17(18)19/h5-10,12,20H,11H2,1-4H3. The maximum absolute atomic E-state index is 6.31. The summed E-state index contributed by atoms with van der Waals surface area (Å²) in [7, 11) is 0. The summed E-state index contributed by atoms with van der Waals surface area (Å²) < 4.78 is 0. The molecule has 20 heavy (non-hydrogen) atoms. The summed E-state index contributed by atoms with van der Waals surface area (Å²) in [4.78, 5) is 0. The molecule has 0 aliphatic rings. The third-order valence-electron chi connectivity index (χ3n) is 3.55. The summed E-state index contributed by atoms with van der Waals surface area (Å²) in [5.74, 6) is 0.575. The zero-order chi connectivity index (χ0) is 14.7. The van der Waals surface area contributed by atoms with Crippen molar-refractivity contribution >= 4 is 17.3 Å². The van der Waals surface area contributed by atoms with Crippen molar-refractivity contribution < 1.29 is 0 Å². The van der Waals surface area contributed by atoms with E-state index in [0.717, 1.165) is 17.3 Å². The molecule has 0 saturated heterocycles. The summed E-state index contributed by atoms with van der Waals surface area (Å²) in [6.45, 7) is 9.36. The summed E-state index contributed by atoms with van der Waals surface area (Å²) >= 11 is 6.31. The van der Waals surface area contributed by atoms with Gasteiger partial charge in [-0.3, -0.25) is 0 Å². The lowest BCUT2D eigenvalue weighted by Crippen LogP contribution is -2.02. The number of aryl methyl sites for hydroxylation is 2. The summed E-state index contributed by atoms with van der Waals surface area (Å²) in [6.07, 6.45) is 0. The molecule has 0 spiro atoms. The van der Waals surface area contributed by atoms with Crippen molar-refractivity contribution in [1.82, 2.24) is 0 Å². The Morgan fingerprint density at radius 1 is 1.05 bits per heavy atom. The number of benzene rings is 2. The molecular weight excluding hydrogens is 266 g/mol. The maximum atomic E-state index is 6.31. The molecule has 0 fully saturated rings. The second-order valence-corrected chi connectivity index (χ2v) is 6.10. The van der Waals surface area contributed by atoms with Crippen LogP contribution in [0.25, 0.3) is 0 Å². The fraction of sp³-hybridized carbons (Fsp3) is 0.333. The Morgan fingerprint density at radius 2 is 1.70 bits per heavy atom. The van der Waals surface area contributed by atoms with Gasteiger partial charge in [-0.2, -0.15) is 0 Å². The largest absolute Gasteiger partial charge is 0.380 e. The summed E-state index contributed by atoms with van der Waals surface area (Å²) in [5.41, 5.74) is 6.06. The average Bonchev–Trinajstić information content (AvgIpc) is 2.38. The fourth-order valence-corrected chi connectivity index (χ4v) is 2.74. The van der Waals surface area contributed by atoms with Crippen LogP contribution in [0.15, 0.2) is 36.4 Å². The van der Waals surface area contributed by atoms with Gasteiger partial charge in [-0.25, -0.2) is 0 Å². The first-order valence-electron chi connectivity index (χ1n) is 7.07. The van der Waals surface area contributed by atoms with Gasteiger partial charge in [0.15, 0.2) is 0 Å². The fourth-order valence-electron chi connectivity index (χ4n) is 2.35. The predicted octanol–water partition coefficient (Wildman–Crippen LogP) is 5.69. The molecule has 0 bridgehead atoms. The lowest BCUT2D eigenvalue weighted by Gasteiger charge is -2.13. The number of nitrogens with one attached hydrogen (secondary N) is 1. The van der Waals surface area contributed by atoms with Gasteiger partial charge in [-0.05, 0) is 48.1 Å². The van der Waals surface area contributed by atoms with E-state index in [2.05, 4.69) is 63.3 Å². The molecule has 2 aromatic rings. The SMILES string of the molecule is Cc1cc(C)c(NCc2ccc(C(C)C)cc2)c(Cl)c1. The Morgan fingerprint density at radius 3 is 2.25 bits per heavy atom. The predicted molar refractivity (Wildman–Crippen MR) is 88.8 cm³/mol. The Hall–Kier alpha value is -1.47. The van der Waals surface area contributed by atoms with E-state index in [1.54, 1.807) is 0 Å². The molecular formula is C18H22ClN. The molecule has 0 saturated carbocycles. The highest BCUT2D eigenvalue weighted by Crippen LogP contribution is 2.27. The van der Waals surface area contributed by atoms with Gasteiger partial charge in [-0.1, -0.05) is 55.8 Å². The molecule has 0 radical (unpaired) electrons. The minimum absolute atomic E-state index is 0.575. The number of hydrogen-bond acceptors (Lipinski definition) is 1. The van der Waals surface area contributed by atoms with Gasteiger partial charge in [0.1, 0.15) is 0 Å². The van der Waals surface area contributed by atoms with Gasteiger partial charge in [0.05, 0.1) is 10.7 Å². The number of halogens is 1. The van der Waals surface area contributed by atoms with E-state index in [4.69, 9.17) is 11.6 Å². The van der Waals surface area contributed by atoms with Gasteiger partial charge in [0.25, 0.3) is 0 Å². The molecule has 0 aromatic heterocycles. The molecule has 2 heteroatoms. The third kappa shape index (κ3) is 3.55. The van der Waals surface area contributed by atoms with Crippen LogP contribution >= 0.6 is 11.6 Å². The first-order valence-corrected chi connectivity index (χ1v) is 7.44. The molecule has 0 aliphatic heterocycles. The molecule has 106 valence electrons. The van der Waals surface area contributed by atoms with Gasteiger partial charge in [0.2, 0.25) is 0 Å². The van der Waals surface area contributed by atoms with Crippen LogP contribution in [0.4, 0.5) is 5.69 Å². The molecule has 2 aromatic carbocycles. The topological polar surface area (TPSA) is 12.0 Å². The van der Waals surface area contributed by atoms with Crippen LogP contribution in [0.2, 0.25) is 5.02 Å². The van der Waals surface area contributed by atoms with Crippen molar-refractivity contribution in [2.75, 3.05) is 5.32 Å². The average molecular weight is 288 g/mol. The molecule has 1 N–H and O–H groups in total. The highest BCUT2D eigenvalue weighted by atomic mass is 35.5. The van der Waals surface area contributed by atoms with Crippen molar-refractivity contribution in [2.45, 2.75) is 40.2 Å². The Balaban J connectivity index is 2.09. The van der Waals surface area contributed by atoms with Crippen LogP contribution < -0.4 is 5.32 Å². The summed E-state index contributed by atoms with van der Waals surface area (Å²) in [5, 5.41) is 4.23. The molecule has 0 heterocycles. The third-order valence-corrected chi connectivity index (χ3v) is 3.85. The van der Waals surface area contributed by atoms with Crippen LogP contribution in [0.3, 0.4) is 0 Å². The Bertz CT molecular complexity index is 562. The minimum Gasteiger partial charge on any atom is -0.380 e. The van der Waals surface area contributed by atoms with E-state index in [0.29, 0.717) is 5.92 Å². The van der Waals surface area contributed by atoms with Crippen LogP contribution in [-0.2, 0) is 6.54 Å². The molecule has 2 rings (SSSR count). The first-order chi connectivity index (χ1) is 9.47.